The fraction of sp³-hybridized carbons (Fsp3) is 0.294. The van der Waals surface area contributed by atoms with Crippen LogP contribution in [0.2, 0.25) is 0 Å². The highest BCUT2D eigenvalue weighted by Crippen LogP contribution is 2.16. The Morgan fingerprint density at radius 2 is 1.77 bits per heavy atom. The second-order valence-corrected chi connectivity index (χ2v) is 9.08. The molecule has 1 amide bonds. The van der Waals surface area contributed by atoms with Gasteiger partial charge in [-0.1, -0.05) is 6.07 Å². The molecule has 9 heteroatoms. The third-order valence-corrected chi connectivity index (χ3v) is 5.28. The van der Waals surface area contributed by atoms with Crippen molar-refractivity contribution in [3.05, 3.63) is 46.7 Å². The number of hydrogen-bond donors (Lipinski definition) is 2. The number of anilines is 1. The molecule has 0 saturated carbocycles. The number of carbonyl (C=O) groups excluding carboxylic acids is 2. The van der Waals surface area contributed by atoms with Crippen LogP contribution in [-0.4, -0.2) is 32.4 Å². The van der Waals surface area contributed by atoms with Crippen LogP contribution in [0.5, 0.6) is 0 Å². The molecule has 2 N–H and O–H groups in total. The molecule has 0 radical (unpaired) electrons. The average molecular weight is 396 g/mol. The first-order chi connectivity index (χ1) is 12.1. The number of ether oxygens (including phenoxy) is 1. The zero-order valence-electron chi connectivity index (χ0n) is 14.6. The van der Waals surface area contributed by atoms with Crippen molar-refractivity contribution in [3.8, 4) is 0 Å². The summed E-state index contributed by atoms with van der Waals surface area (Å²) in [4.78, 5) is 24.1. The van der Waals surface area contributed by atoms with Crippen molar-refractivity contribution in [2.45, 2.75) is 31.3 Å². The number of sulfonamides is 1. The van der Waals surface area contributed by atoms with E-state index in [1.807, 2.05) is 0 Å². The van der Waals surface area contributed by atoms with Crippen molar-refractivity contribution in [2.75, 3.05) is 11.9 Å². The maximum Gasteiger partial charge on any atom is 0.321 e. The molecule has 0 aliphatic rings. The smallest absolute Gasteiger partial charge is 0.321 e. The van der Waals surface area contributed by atoms with Gasteiger partial charge in [0, 0.05) is 5.69 Å². The maximum absolute atomic E-state index is 12.2. The first-order valence-electron chi connectivity index (χ1n) is 7.73. The molecule has 0 aliphatic heterocycles. The molecular weight excluding hydrogens is 376 g/mol. The molecule has 0 fully saturated rings. The van der Waals surface area contributed by atoms with Crippen LogP contribution < -0.4 is 10.0 Å². The summed E-state index contributed by atoms with van der Waals surface area (Å²) in [5, 5.41) is 4.47. The number of benzene rings is 1. The minimum atomic E-state index is -3.86. The summed E-state index contributed by atoms with van der Waals surface area (Å²) in [7, 11) is -3.86. The van der Waals surface area contributed by atoms with Gasteiger partial charge in [0.2, 0.25) is 10.0 Å². The van der Waals surface area contributed by atoms with Gasteiger partial charge in [-0.2, -0.15) is 4.72 Å². The highest BCUT2D eigenvalue weighted by atomic mass is 32.2. The maximum atomic E-state index is 12.2. The van der Waals surface area contributed by atoms with Crippen molar-refractivity contribution in [1.82, 2.24) is 4.72 Å². The zero-order valence-corrected chi connectivity index (χ0v) is 16.2. The molecule has 0 bridgehead atoms. The van der Waals surface area contributed by atoms with Gasteiger partial charge in [0.25, 0.3) is 5.91 Å². The average Bonchev–Trinajstić information content (AvgIpc) is 3.06. The molecule has 140 valence electrons. The molecule has 0 spiro atoms. The Hall–Kier alpha value is -2.23. The molecule has 0 atom stereocenters. The third kappa shape index (κ3) is 5.94. The van der Waals surface area contributed by atoms with E-state index in [0.717, 1.165) is 0 Å². The number of esters is 1. The Morgan fingerprint density at radius 3 is 2.31 bits per heavy atom. The first-order valence-corrected chi connectivity index (χ1v) is 10.1. The van der Waals surface area contributed by atoms with Gasteiger partial charge in [0.15, 0.2) is 0 Å². The molecule has 7 nitrogen and oxygen atoms in total. The topological polar surface area (TPSA) is 102 Å². The van der Waals surface area contributed by atoms with Gasteiger partial charge < -0.3 is 10.1 Å². The van der Waals surface area contributed by atoms with Crippen molar-refractivity contribution in [1.29, 1.82) is 0 Å². The largest absolute Gasteiger partial charge is 0.459 e. The van der Waals surface area contributed by atoms with E-state index in [1.54, 1.807) is 38.3 Å². The van der Waals surface area contributed by atoms with Gasteiger partial charge in [0.1, 0.15) is 12.1 Å². The van der Waals surface area contributed by atoms with Crippen LogP contribution in [0, 0.1) is 0 Å². The highest BCUT2D eigenvalue weighted by Gasteiger charge is 2.20. The lowest BCUT2D eigenvalue weighted by Gasteiger charge is -2.19. The van der Waals surface area contributed by atoms with Gasteiger partial charge in [0.05, 0.1) is 9.77 Å². The van der Waals surface area contributed by atoms with Crippen molar-refractivity contribution in [2.24, 2.45) is 0 Å². The van der Waals surface area contributed by atoms with E-state index < -0.39 is 28.1 Å². The van der Waals surface area contributed by atoms with E-state index in [1.165, 1.54) is 35.6 Å². The molecule has 2 aromatic rings. The fourth-order valence-corrected chi connectivity index (χ4v) is 3.52. The van der Waals surface area contributed by atoms with E-state index in [-0.39, 0.29) is 10.8 Å². The van der Waals surface area contributed by atoms with E-state index >= 15 is 0 Å². The van der Waals surface area contributed by atoms with Crippen LogP contribution in [0.3, 0.4) is 0 Å². The summed E-state index contributed by atoms with van der Waals surface area (Å²) >= 11 is 1.31. The number of thiophene rings is 1. The monoisotopic (exact) mass is 396 g/mol. The van der Waals surface area contributed by atoms with Gasteiger partial charge in [-0.25, -0.2) is 8.42 Å². The SMILES string of the molecule is CC(C)(C)OC(=O)CNS(=O)(=O)c1ccc(NC(=O)c2cccs2)cc1. The lowest BCUT2D eigenvalue weighted by molar-refractivity contribution is -0.153. The Labute approximate surface area is 156 Å². The van der Waals surface area contributed by atoms with Crippen LogP contribution in [-0.2, 0) is 19.6 Å². The summed E-state index contributed by atoms with van der Waals surface area (Å²) in [6.45, 7) is 4.63. The summed E-state index contributed by atoms with van der Waals surface area (Å²) in [5.74, 6) is -0.931. The van der Waals surface area contributed by atoms with Crippen LogP contribution in [0.25, 0.3) is 0 Å². The van der Waals surface area contributed by atoms with Gasteiger partial charge in [-0.05, 0) is 56.5 Å². The van der Waals surface area contributed by atoms with Gasteiger partial charge in [-0.3, -0.25) is 9.59 Å². The predicted molar refractivity (Wildman–Crippen MR) is 99.7 cm³/mol. The summed E-state index contributed by atoms with van der Waals surface area (Å²) in [6.07, 6.45) is 0. The number of carbonyl (C=O) groups is 2. The first kappa shape index (κ1) is 20.1. The minimum absolute atomic E-state index is 0.0184. The minimum Gasteiger partial charge on any atom is -0.459 e. The van der Waals surface area contributed by atoms with Crippen LogP contribution >= 0.6 is 11.3 Å². The summed E-state index contributed by atoms with van der Waals surface area (Å²) in [5.41, 5.74) is -0.222. The Morgan fingerprint density at radius 1 is 1.12 bits per heavy atom. The van der Waals surface area contributed by atoms with E-state index in [9.17, 15) is 18.0 Å². The third-order valence-electron chi connectivity index (χ3n) is 2.99. The zero-order chi connectivity index (χ0) is 19.4. The number of hydrogen-bond acceptors (Lipinski definition) is 6. The number of nitrogens with one attached hydrogen (secondary N) is 2. The normalized spacial score (nSPS) is 11.8. The fourth-order valence-electron chi connectivity index (χ4n) is 1.93. The molecule has 2 rings (SSSR count). The molecule has 1 aromatic carbocycles. The van der Waals surface area contributed by atoms with Crippen molar-refractivity contribution in [3.63, 3.8) is 0 Å². The summed E-state index contributed by atoms with van der Waals surface area (Å²) in [6, 6.07) is 9.12. The standard InChI is InChI=1S/C17H20N2O5S2/c1-17(2,3)24-15(20)11-18-26(22,23)13-8-6-12(7-9-13)19-16(21)14-5-4-10-25-14/h4-10,18H,11H2,1-3H3,(H,19,21). The lowest BCUT2D eigenvalue weighted by Crippen LogP contribution is -2.34. The van der Waals surface area contributed by atoms with Gasteiger partial charge in [-0.15, -0.1) is 11.3 Å². The number of rotatable bonds is 6. The van der Waals surface area contributed by atoms with Crippen molar-refractivity contribution >= 4 is 38.9 Å². The van der Waals surface area contributed by atoms with E-state index in [0.29, 0.717) is 10.6 Å². The van der Waals surface area contributed by atoms with Crippen LogP contribution in [0.4, 0.5) is 5.69 Å². The van der Waals surface area contributed by atoms with Crippen LogP contribution in [0.1, 0.15) is 30.4 Å². The Kier molecular flexibility index (Phi) is 6.17. The lowest BCUT2D eigenvalue weighted by atomic mass is 10.2. The quantitative estimate of drug-likeness (QED) is 0.731. The molecule has 1 aromatic heterocycles. The second kappa shape index (κ2) is 7.98. The summed E-state index contributed by atoms with van der Waals surface area (Å²) < 4.78 is 31.7. The highest BCUT2D eigenvalue weighted by molar-refractivity contribution is 7.89. The van der Waals surface area contributed by atoms with E-state index in [2.05, 4.69) is 10.0 Å². The number of amides is 1. The molecule has 0 aliphatic carbocycles. The Bertz CT molecular complexity index is 867. The molecule has 26 heavy (non-hydrogen) atoms. The molecule has 0 unspecified atom stereocenters. The predicted octanol–water partition coefficient (Wildman–Crippen LogP) is 2.62. The Balaban J connectivity index is 1.98. The van der Waals surface area contributed by atoms with Crippen molar-refractivity contribution < 1.29 is 22.7 Å². The molecule has 1 heterocycles. The van der Waals surface area contributed by atoms with E-state index in [4.69, 9.17) is 4.74 Å². The second-order valence-electron chi connectivity index (χ2n) is 6.37. The molecular formula is C17H20N2O5S2. The van der Waals surface area contributed by atoms with Crippen LogP contribution in [0.15, 0.2) is 46.7 Å². The molecule has 0 saturated heterocycles. The van der Waals surface area contributed by atoms with Gasteiger partial charge >= 0.3 is 5.97 Å².